The molecule has 0 unspecified atom stereocenters. The topological polar surface area (TPSA) is 86.7 Å². The third-order valence-corrected chi connectivity index (χ3v) is 5.80. The number of hydrogen-bond donors (Lipinski definition) is 0. The van der Waals surface area contributed by atoms with E-state index in [4.69, 9.17) is 18.9 Å². The molecule has 1 heterocycles. The van der Waals surface area contributed by atoms with Crippen LogP contribution in [0.1, 0.15) is 29.8 Å². The number of rotatable bonds is 8. The lowest BCUT2D eigenvalue weighted by Gasteiger charge is -2.13. The Bertz CT molecular complexity index is 1070. The fourth-order valence-corrected chi connectivity index (χ4v) is 4.27. The van der Waals surface area contributed by atoms with Crippen molar-refractivity contribution in [2.45, 2.75) is 13.8 Å². The lowest BCUT2D eigenvalue weighted by Crippen LogP contribution is -2.28. The van der Waals surface area contributed by atoms with Crippen LogP contribution in [0.2, 0.25) is 0 Å². The molecular formula is C24H26N2O6S. The van der Waals surface area contributed by atoms with Gasteiger partial charge in [0.25, 0.3) is 5.91 Å². The van der Waals surface area contributed by atoms with Gasteiger partial charge in [0.15, 0.2) is 16.7 Å². The molecular weight excluding hydrogens is 444 g/mol. The van der Waals surface area contributed by atoms with Crippen molar-refractivity contribution in [2.24, 2.45) is 4.99 Å². The monoisotopic (exact) mass is 470 g/mol. The highest BCUT2D eigenvalue weighted by atomic mass is 32.2. The number of carbonyl (C=O) groups excluding carboxylic acids is 2. The lowest BCUT2D eigenvalue weighted by atomic mass is 10.1. The molecule has 9 heteroatoms. The Labute approximate surface area is 197 Å². The van der Waals surface area contributed by atoms with Crippen LogP contribution in [0.25, 0.3) is 6.08 Å². The molecule has 0 bridgehead atoms. The van der Waals surface area contributed by atoms with Gasteiger partial charge in [0.05, 0.1) is 44.1 Å². The van der Waals surface area contributed by atoms with Crippen LogP contribution in [0.5, 0.6) is 17.2 Å². The van der Waals surface area contributed by atoms with E-state index >= 15 is 0 Å². The molecule has 1 fully saturated rings. The van der Waals surface area contributed by atoms with E-state index in [0.29, 0.717) is 51.7 Å². The van der Waals surface area contributed by atoms with E-state index in [0.717, 1.165) is 5.56 Å². The third-order valence-electron chi connectivity index (χ3n) is 4.79. The number of likely N-dealkylation sites (N-methyl/N-ethyl adjacent to an activating group) is 1. The molecule has 2 aromatic carbocycles. The first-order chi connectivity index (χ1) is 15.9. The van der Waals surface area contributed by atoms with Crippen LogP contribution in [0.4, 0.5) is 5.69 Å². The maximum absolute atomic E-state index is 13.0. The average molecular weight is 471 g/mol. The Morgan fingerprint density at radius 2 is 1.67 bits per heavy atom. The van der Waals surface area contributed by atoms with Crippen molar-refractivity contribution in [3.8, 4) is 17.2 Å². The van der Waals surface area contributed by atoms with Crippen LogP contribution in [0.3, 0.4) is 0 Å². The number of hydrogen-bond acceptors (Lipinski definition) is 8. The van der Waals surface area contributed by atoms with Crippen LogP contribution >= 0.6 is 11.8 Å². The molecule has 1 amide bonds. The van der Waals surface area contributed by atoms with Gasteiger partial charge in [-0.3, -0.25) is 9.69 Å². The third kappa shape index (κ3) is 5.31. The summed E-state index contributed by atoms with van der Waals surface area (Å²) in [6, 6.07) is 10.3. The van der Waals surface area contributed by atoms with Gasteiger partial charge in [-0.25, -0.2) is 9.79 Å². The van der Waals surface area contributed by atoms with E-state index in [-0.39, 0.29) is 11.9 Å². The number of carbonyl (C=O) groups is 2. The predicted octanol–water partition coefficient (Wildman–Crippen LogP) is 4.51. The summed E-state index contributed by atoms with van der Waals surface area (Å²) in [6.45, 7) is 4.43. The highest BCUT2D eigenvalue weighted by Gasteiger charge is 2.32. The first-order valence-corrected chi connectivity index (χ1v) is 11.1. The molecule has 0 spiro atoms. The van der Waals surface area contributed by atoms with Gasteiger partial charge in [0.1, 0.15) is 0 Å². The number of esters is 1. The molecule has 0 radical (unpaired) electrons. The molecule has 1 aliphatic rings. The van der Waals surface area contributed by atoms with Gasteiger partial charge in [-0.1, -0.05) is 0 Å². The molecule has 1 saturated heterocycles. The fourth-order valence-electron chi connectivity index (χ4n) is 3.20. The van der Waals surface area contributed by atoms with E-state index < -0.39 is 0 Å². The zero-order chi connectivity index (χ0) is 24.0. The molecule has 33 heavy (non-hydrogen) atoms. The predicted molar refractivity (Wildman–Crippen MR) is 129 cm³/mol. The zero-order valence-corrected chi connectivity index (χ0v) is 20.0. The smallest absolute Gasteiger partial charge is 0.338 e. The number of methoxy groups -OCH3 is 3. The van der Waals surface area contributed by atoms with Gasteiger partial charge in [-0.15, -0.1) is 0 Å². The molecule has 0 saturated carbocycles. The summed E-state index contributed by atoms with van der Waals surface area (Å²) < 4.78 is 21.2. The Morgan fingerprint density at radius 1 is 1.03 bits per heavy atom. The molecule has 0 aliphatic carbocycles. The van der Waals surface area contributed by atoms with E-state index in [1.807, 2.05) is 6.92 Å². The summed E-state index contributed by atoms with van der Waals surface area (Å²) in [5.74, 6) is 0.964. The largest absolute Gasteiger partial charge is 0.493 e. The summed E-state index contributed by atoms with van der Waals surface area (Å²) >= 11 is 1.28. The van der Waals surface area contributed by atoms with E-state index in [1.54, 1.807) is 68.5 Å². The SMILES string of the molecule is CCOC(=O)c1ccc(N=C2S/C(=C\c3cc(OC)c(OC)c(OC)c3)C(=O)N2CC)cc1. The maximum Gasteiger partial charge on any atom is 0.338 e. The van der Waals surface area contributed by atoms with Gasteiger partial charge in [-0.05, 0) is 73.6 Å². The summed E-state index contributed by atoms with van der Waals surface area (Å²) in [5, 5.41) is 0.560. The van der Waals surface area contributed by atoms with Crippen LogP contribution in [-0.4, -0.2) is 56.4 Å². The van der Waals surface area contributed by atoms with Gasteiger partial charge in [0, 0.05) is 6.54 Å². The van der Waals surface area contributed by atoms with Crippen LogP contribution in [0, 0.1) is 0 Å². The minimum atomic E-state index is -0.382. The fraction of sp³-hybridized carbons (Fsp3) is 0.292. The minimum absolute atomic E-state index is 0.141. The molecule has 0 N–H and O–H groups in total. The number of benzene rings is 2. The molecule has 0 aromatic heterocycles. The van der Waals surface area contributed by atoms with Gasteiger partial charge >= 0.3 is 5.97 Å². The van der Waals surface area contributed by atoms with E-state index in [9.17, 15) is 9.59 Å². The van der Waals surface area contributed by atoms with Gasteiger partial charge < -0.3 is 18.9 Å². The Kier molecular flexibility index (Phi) is 8.00. The molecule has 1 aliphatic heterocycles. The first-order valence-electron chi connectivity index (χ1n) is 10.3. The van der Waals surface area contributed by atoms with Crippen molar-refractivity contribution in [3.63, 3.8) is 0 Å². The van der Waals surface area contributed by atoms with Crippen molar-refractivity contribution in [2.75, 3.05) is 34.5 Å². The van der Waals surface area contributed by atoms with E-state index in [1.165, 1.54) is 18.9 Å². The first kappa shape index (κ1) is 24.2. The molecule has 0 atom stereocenters. The van der Waals surface area contributed by atoms with E-state index in [2.05, 4.69) is 4.99 Å². The Balaban J connectivity index is 1.91. The number of ether oxygens (including phenoxy) is 4. The summed E-state index contributed by atoms with van der Waals surface area (Å²) in [7, 11) is 4.62. The molecule has 3 rings (SSSR count). The second-order valence-electron chi connectivity index (χ2n) is 6.78. The van der Waals surface area contributed by atoms with Crippen LogP contribution < -0.4 is 14.2 Å². The molecule has 2 aromatic rings. The van der Waals surface area contributed by atoms with Crippen molar-refractivity contribution in [1.82, 2.24) is 4.90 Å². The number of aliphatic imine (C=N–C) groups is 1. The van der Waals surface area contributed by atoms with Crippen molar-refractivity contribution >= 4 is 40.6 Å². The Morgan fingerprint density at radius 3 is 2.18 bits per heavy atom. The van der Waals surface area contributed by atoms with Crippen molar-refractivity contribution in [3.05, 3.63) is 52.4 Å². The summed E-state index contributed by atoms with van der Waals surface area (Å²) in [5.41, 5.74) is 1.81. The highest BCUT2D eigenvalue weighted by molar-refractivity contribution is 8.18. The normalized spacial score (nSPS) is 15.8. The number of amides is 1. The number of thioether (sulfide) groups is 1. The van der Waals surface area contributed by atoms with Gasteiger partial charge in [0.2, 0.25) is 5.75 Å². The van der Waals surface area contributed by atoms with Crippen LogP contribution in [0.15, 0.2) is 46.3 Å². The van der Waals surface area contributed by atoms with Crippen molar-refractivity contribution < 1.29 is 28.5 Å². The standard InChI is InChI=1S/C24H26N2O6S/c1-6-26-22(27)20(14-15-12-18(29-3)21(31-5)19(13-15)30-4)33-24(26)25-17-10-8-16(9-11-17)23(28)32-7-2/h8-14H,6-7H2,1-5H3/b20-14-,25-24?. The zero-order valence-electron chi connectivity index (χ0n) is 19.2. The second-order valence-corrected chi connectivity index (χ2v) is 7.79. The maximum atomic E-state index is 13.0. The molecule has 174 valence electrons. The number of nitrogens with zero attached hydrogens (tertiary/aromatic N) is 2. The quantitative estimate of drug-likeness (QED) is 0.414. The number of amidine groups is 1. The summed E-state index contributed by atoms with van der Waals surface area (Å²) in [4.78, 5) is 31.6. The average Bonchev–Trinajstić information content (AvgIpc) is 3.12. The highest BCUT2D eigenvalue weighted by Crippen LogP contribution is 2.40. The second kappa shape index (κ2) is 10.9. The summed E-state index contributed by atoms with van der Waals surface area (Å²) in [6.07, 6.45) is 1.77. The lowest BCUT2D eigenvalue weighted by molar-refractivity contribution is -0.122. The van der Waals surface area contributed by atoms with Crippen LogP contribution in [-0.2, 0) is 9.53 Å². The van der Waals surface area contributed by atoms with Crippen molar-refractivity contribution in [1.29, 1.82) is 0 Å². The Hall–Kier alpha value is -3.46. The minimum Gasteiger partial charge on any atom is -0.493 e. The van der Waals surface area contributed by atoms with Gasteiger partial charge in [-0.2, -0.15) is 0 Å². The molecule has 8 nitrogen and oxygen atoms in total.